The average molecular weight is 471 g/mol. The maximum absolute atomic E-state index is 13.0. The summed E-state index contributed by atoms with van der Waals surface area (Å²) in [4.78, 5) is 30.1. The van der Waals surface area contributed by atoms with E-state index in [4.69, 9.17) is 4.52 Å². The summed E-state index contributed by atoms with van der Waals surface area (Å²) in [5, 5.41) is 25.1. The Hall–Kier alpha value is -4.00. The molecule has 1 unspecified atom stereocenters. The van der Waals surface area contributed by atoms with Crippen LogP contribution in [0.1, 0.15) is 65.4 Å². The van der Waals surface area contributed by atoms with Gasteiger partial charge in [0, 0.05) is 32.1 Å². The van der Waals surface area contributed by atoms with Gasteiger partial charge < -0.3 is 14.7 Å². The number of allylic oxidation sites excluding steroid dienone is 2. The van der Waals surface area contributed by atoms with Crippen LogP contribution in [0.3, 0.4) is 0 Å². The molecule has 2 N–H and O–H groups in total. The summed E-state index contributed by atoms with van der Waals surface area (Å²) in [6, 6.07) is 16.5. The van der Waals surface area contributed by atoms with E-state index >= 15 is 0 Å². The summed E-state index contributed by atoms with van der Waals surface area (Å²) in [5.41, 5.74) is 3.13. The first kappa shape index (κ1) is 22.8. The summed E-state index contributed by atoms with van der Waals surface area (Å²) in [7, 11) is 0. The third kappa shape index (κ3) is 4.67. The number of benzene rings is 2. The highest BCUT2D eigenvalue weighted by molar-refractivity contribution is 6.24. The first-order valence-electron chi connectivity index (χ1n) is 11.9. The highest BCUT2D eigenvalue weighted by Crippen LogP contribution is 2.35. The number of rotatable bonds is 5. The Kier molecular flexibility index (Phi) is 6.31. The minimum atomic E-state index is -0.174. The van der Waals surface area contributed by atoms with Crippen LogP contribution in [0.25, 0.3) is 0 Å². The highest BCUT2D eigenvalue weighted by atomic mass is 16.5. The van der Waals surface area contributed by atoms with Gasteiger partial charge in [-0.3, -0.25) is 9.59 Å². The van der Waals surface area contributed by atoms with E-state index < -0.39 is 0 Å². The highest BCUT2D eigenvalue weighted by Gasteiger charge is 2.33. The molecule has 2 aliphatic carbocycles. The number of fused-ring (bicyclic) bond motifs is 1. The summed E-state index contributed by atoms with van der Waals surface area (Å²) in [6.07, 6.45) is 2.88. The number of para-hydroxylation sites is 2. The average Bonchev–Trinajstić information content (AvgIpc) is 3.28. The van der Waals surface area contributed by atoms with Crippen LogP contribution in [0, 0.1) is 0 Å². The van der Waals surface area contributed by atoms with Gasteiger partial charge in [0.1, 0.15) is 23.0 Å². The number of hydrogen-bond acceptors (Lipinski definition) is 7. The molecule has 1 saturated carbocycles. The molecule has 178 valence electrons. The van der Waals surface area contributed by atoms with Crippen LogP contribution >= 0.6 is 0 Å². The van der Waals surface area contributed by atoms with E-state index in [1.807, 2.05) is 30.3 Å². The Labute approximate surface area is 202 Å². The minimum Gasteiger partial charge on any atom is -0.511 e. The Balaban J connectivity index is 1.37. The molecule has 0 spiro atoms. The molecular formula is C28H26N2O5. The fourth-order valence-corrected chi connectivity index (χ4v) is 4.90. The maximum Gasteiger partial charge on any atom is 0.168 e. The Morgan fingerprint density at radius 3 is 2.57 bits per heavy atom. The van der Waals surface area contributed by atoms with Crippen molar-refractivity contribution < 1.29 is 24.3 Å². The number of hydrogen-bond donors (Lipinski definition) is 2. The second-order valence-corrected chi connectivity index (χ2v) is 9.01. The van der Waals surface area contributed by atoms with Gasteiger partial charge in [-0.05, 0) is 36.5 Å². The van der Waals surface area contributed by atoms with Gasteiger partial charge in [-0.1, -0.05) is 47.6 Å². The molecule has 35 heavy (non-hydrogen) atoms. The molecule has 1 atom stereocenters. The largest absolute Gasteiger partial charge is 0.511 e. The zero-order valence-corrected chi connectivity index (χ0v) is 19.2. The van der Waals surface area contributed by atoms with Crippen molar-refractivity contribution in [3.63, 3.8) is 0 Å². The number of ketones is 2. The summed E-state index contributed by atoms with van der Waals surface area (Å²) in [6.45, 7) is 0. The lowest BCUT2D eigenvalue weighted by Gasteiger charge is -2.20. The number of aryl methyl sites for hydroxylation is 1. The Morgan fingerprint density at radius 2 is 1.77 bits per heavy atom. The van der Waals surface area contributed by atoms with E-state index in [1.54, 1.807) is 18.2 Å². The topological polar surface area (TPSA) is 113 Å². The van der Waals surface area contributed by atoms with E-state index in [-0.39, 0.29) is 47.4 Å². The van der Waals surface area contributed by atoms with E-state index in [9.17, 15) is 19.8 Å². The van der Waals surface area contributed by atoms with Gasteiger partial charge in [0.15, 0.2) is 11.6 Å². The molecule has 7 nitrogen and oxygen atoms in total. The molecule has 5 rings (SSSR count). The number of aliphatic imine (C=N–C) groups is 1. The summed E-state index contributed by atoms with van der Waals surface area (Å²) < 4.78 is 5.53. The van der Waals surface area contributed by atoms with Crippen LogP contribution in [0.2, 0.25) is 0 Å². The smallest absolute Gasteiger partial charge is 0.168 e. The molecule has 0 radical (unpaired) electrons. The lowest BCUT2D eigenvalue weighted by molar-refractivity contribution is -0.115. The van der Waals surface area contributed by atoms with Crippen molar-refractivity contribution in [2.75, 3.05) is 0 Å². The summed E-state index contributed by atoms with van der Waals surface area (Å²) in [5.74, 6) is 0.378. The number of aromatic hydroxyl groups is 1. The minimum absolute atomic E-state index is 0.0124. The van der Waals surface area contributed by atoms with Crippen molar-refractivity contribution >= 4 is 23.0 Å². The number of Topliss-reactive ketones (excluding diaryl/α,β-unsaturated/α-hetero) is 2. The van der Waals surface area contributed by atoms with Gasteiger partial charge in [0.05, 0.1) is 22.5 Å². The van der Waals surface area contributed by atoms with Crippen molar-refractivity contribution in [3.8, 4) is 5.75 Å². The number of aliphatic hydroxyl groups excluding tert-OH is 1. The molecule has 0 aliphatic heterocycles. The monoisotopic (exact) mass is 470 g/mol. The fraction of sp³-hybridized carbons (Fsp3) is 0.286. The first-order chi connectivity index (χ1) is 17.0. The molecule has 0 bridgehead atoms. The molecule has 1 fully saturated rings. The number of aromatic nitrogens is 1. The fourth-order valence-electron chi connectivity index (χ4n) is 4.90. The standard InChI is InChI=1S/C28H26N2O5/c31-22-11-5-4-9-19(22)29-20-10-6-12-23(32)27(20)24(33)14-13-21-28-25(34)15-18(16-26(28)35-30-21)17-7-2-1-3-8-17/h1-5,7-9,11,18,31,33H,6,10,12-16H2/b27-24-,29-20?. The Bertz CT molecular complexity index is 1340. The van der Waals surface area contributed by atoms with E-state index in [0.717, 1.165) is 5.56 Å². The van der Waals surface area contributed by atoms with Gasteiger partial charge in [-0.25, -0.2) is 4.99 Å². The molecule has 0 saturated heterocycles. The molecular weight excluding hydrogens is 444 g/mol. The number of aliphatic hydroxyl groups is 1. The first-order valence-corrected chi connectivity index (χ1v) is 11.9. The molecule has 3 aromatic rings. The van der Waals surface area contributed by atoms with E-state index in [1.165, 1.54) is 6.07 Å². The van der Waals surface area contributed by atoms with Crippen LogP contribution in [-0.4, -0.2) is 32.6 Å². The molecule has 1 aromatic heterocycles. The van der Waals surface area contributed by atoms with E-state index in [2.05, 4.69) is 10.1 Å². The molecule has 2 aromatic carbocycles. The van der Waals surface area contributed by atoms with E-state index in [0.29, 0.717) is 60.5 Å². The zero-order chi connectivity index (χ0) is 24.4. The van der Waals surface area contributed by atoms with Crippen molar-refractivity contribution in [2.24, 2.45) is 4.99 Å². The number of carbonyl (C=O) groups is 2. The molecule has 7 heteroatoms. The van der Waals surface area contributed by atoms with Gasteiger partial charge in [0.25, 0.3) is 0 Å². The molecule has 0 amide bonds. The predicted octanol–water partition coefficient (Wildman–Crippen LogP) is 5.56. The van der Waals surface area contributed by atoms with Crippen LogP contribution < -0.4 is 0 Å². The van der Waals surface area contributed by atoms with Crippen molar-refractivity contribution in [1.29, 1.82) is 0 Å². The van der Waals surface area contributed by atoms with Crippen LogP contribution in [0.15, 0.2) is 75.4 Å². The lowest BCUT2D eigenvalue weighted by atomic mass is 9.81. The van der Waals surface area contributed by atoms with Gasteiger partial charge in [-0.2, -0.15) is 0 Å². The second kappa shape index (κ2) is 9.70. The van der Waals surface area contributed by atoms with Crippen LogP contribution in [0.4, 0.5) is 5.69 Å². The van der Waals surface area contributed by atoms with Crippen LogP contribution in [0.5, 0.6) is 5.75 Å². The second-order valence-electron chi connectivity index (χ2n) is 9.01. The van der Waals surface area contributed by atoms with Crippen molar-refractivity contribution in [2.45, 2.75) is 50.9 Å². The third-order valence-corrected chi connectivity index (χ3v) is 6.66. The molecule has 1 heterocycles. The van der Waals surface area contributed by atoms with Crippen molar-refractivity contribution in [3.05, 3.63) is 88.5 Å². The number of carbonyl (C=O) groups excluding carboxylic acids is 2. The van der Waals surface area contributed by atoms with Gasteiger partial charge in [-0.15, -0.1) is 0 Å². The SMILES string of the molecule is O=C1CCCC(=Nc2ccccc2O)/C1=C(/O)CCc1noc2c1C(=O)CC(c1ccccc1)C2. The van der Waals surface area contributed by atoms with Crippen LogP contribution in [-0.2, 0) is 17.6 Å². The number of phenols is 1. The van der Waals surface area contributed by atoms with Crippen molar-refractivity contribution in [1.82, 2.24) is 5.16 Å². The Morgan fingerprint density at radius 1 is 1.00 bits per heavy atom. The van der Waals surface area contributed by atoms with Gasteiger partial charge in [0.2, 0.25) is 0 Å². The van der Waals surface area contributed by atoms with Gasteiger partial charge >= 0.3 is 0 Å². The third-order valence-electron chi connectivity index (χ3n) is 6.66. The predicted molar refractivity (Wildman–Crippen MR) is 130 cm³/mol. The number of phenolic OH excluding ortho intramolecular Hbond substituents is 1. The lowest BCUT2D eigenvalue weighted by Crippen LogP contribution is -2.21. The quantitative estimate of drug-likeness (QED) is 0.373. The number of nitrogens with zero attached hydrogens (tertiary/aromatic N) is 2. The summed E-state index contributed by atoms with van der Waals surface area (Å²) >= 11 is 0. The zero-order valence-electron chi connectivity index (χ0n) is 19.2. The normalized spacial score (nSPS) is 20.7. The maximum atomic E-state index is 13.0. The molecule has 2 aliphatic rings.